The summed E-state index contributed by atoms with van der Waals surface area (Å²) in [6.45, 7) is -1.61. The third-order valence-electron chi connectivity index (χ3n) is 3.77. The van der Waals surface area contributed by atoms with Crippen LogP contribution in [-0.4, -0.2) is 44.8 Å². The van der Waals surface area contributed by atoms with Crippen molar-refractivity contribution in [1.29, 1.82) is 0 Å². The molecule has 6 nitrogen and oxygen atoms in total. The van der Waals surface area contributed by atoms with Crippen LogP contribution >= 0.6 is 0 Å². The van der Waals surface area contributed by atoms with Gasteiger partial charge in [0.25, 0.3) is 0 Å². The smallest absolute Gasteiger partial charge is 0.387 e. The number of methoxy groups -OCH3 is 1. The van der Waals surface area contributed by atoms with Gasteiger partial charge in [0.1, 0.15) is 0 Å². The summed E-state index contributed by atoms with van der Waals surface area (Å²) in [7, 11) is 3.10. The number of aromatic nitrogens is 1. The van der Waals surface area contributed by atoms with Gasteiger partial charge in [0, 0.05) is 38.4 Å². The number of alkyl halides is 2. The number of ether oxygens (including phenoxy) is 2. The fourth-order valence-electron chi connectivity index (χ4n) is 2.47. The maximum Gasteiger partial charge on any atom is 0.387 e. The van der Waals surface area contributed by atoms with Crippen molar-refractivity contribution in [3.05, 3.63) is 53.9 Å². The maximum atomic E-state index is 12.5. The number of benzene rings is 1. The molecular formula is C19H24F2N4O2. The monoisotopic (exact) mass is 378 g/mol. The zero-order chi connectivity index (χ0) is 19.5. The third kappa shape index (κ3) is 7.08. The second kappa shape index (κ2) is 10.9. The Kier molecular flexibility index (Phi) is 8.28. The highest BCUT2D eigenvalue weighted by atomic mass is 19.3. The Morgan fingerprint density at radius 1 is 1.11 bits per heavy atom. The molecule has 1 heterocycles. The molecule has 0 atom stereocenters. The third-order valence-corrected chi connectivity index (χ3v) is 3.77. The van der Waals surface area contributed by atoms with Crippen LogP contribution < -0.4 is 20.1 Å². The quantitative estimate of drug-likeness (QED) is 0.519. The largest absolute Gasteiger partial charge is 0.493 e. The van der Waals surface area contributed by atoms with E-state index < -0.39 is 6.61 Å². The average molecular weight is 378 g/mol. The zero-order valence-electron chi connectivity index (χ0n) is 15.4. The number of nitrogens with one attached hydrogen (secondary N) is 2. The highest BCUT2D eigenvalue weighted by molar-refractivity contribution is 5.79. The van der Waals surface area contributed by atoms with Gasteiger partial charge in [-0.3, -0.25) is 9.98 Å². The number of hydrogen-bond donors (Lipinski definition) is 2. The first-order valence-electron chi connectivity index (χ1n) is 8.58. The van der Waals surface area contributed by atoms with Crippen molar-refractivity contribution >= 4 is 5.96 Å². The number of halogens is 2. The lowest BCUT2D eigenvalue weighted by Gasteiger charge is -2.13. The van der Waals surface area contributed by atoms with Crippen LogP contribution in [0.15, 0.2) is 47.6 Å². The number of rotatable bonds is 9. The molecule has 2 N–H and O–H groups in total. The summed E-state index contributed by atoms with van der Waals surface area (Å²) in [6.07, 6.45) is 3.17. The zero-order valence-corrected chi connectivity index (χ0v) is 15.4. The molecule has 0 aliphatic carbocycles. The van der Waals surface area contributed by atoms with Crippen LogP contribution in [0.5, 0.6) is 11.5 Å². The summed E-state index contributed by atoms with van der Waals surface area (Å²) >= 11 is 0. The average Bonchev–Trinajstić information content (AvgIpc) is 2.67. The molecule has 0 radical (unpaired) electrons. The topological polar surface area (TPSA) is 67.8 Å². The van der Waals surface area contributed by atoms with E-state index in [0.29, 0.717) is 25.5 Å². The Morgan fingerprint density at radius 2 is 1.89 bits per heavy atom. The Hall–Kier alpha value is -2.90. The fraction of sp³-hybridized carbons (Fsp3) is 0.368. The highest BCUT2D eigenvalue weighted by Crippen LogP contribution is 2.29. The molecule has 0 fully saturated rings. The van der Waals surface area contributed by atoms with E-state index in [1.807, 2.05) is 24.3 Å². The van der Waals surface area contributed by atoms with Crippen LogP contribution in [-0.2, 0) is 12.8 Å². The molecule has 1 aromatic heterocycles. The molecular weight excluding hydrogens is 354 g/mol. The lowest BCUT2D eigenvalue weighted by atomic mass is 10.1. The normalized spacial score (nSPS) is 11.4. The summed E-state index contributed by atoms with van der Waals surface area (Å²) in [5, 5.41) is 6.41. The Bertz CT molecular complexity index is 727. The summed E-state index contributed by atoms with van der Waals surface area (Å²) in [4.78, 5) is 8.44. The van der Waals surface area contributed by atoms with Gasteiger partial charge in [-0.25, -0.2) is 0 Å². The molecule has 27 heavy (non-hydrogen) atoms. The van der Waals surface area contributed by atoms with Gasteiger partial charge in [-0.1, -0.05) is 12.1 Å². The van der Waals surface area contributed by atoms with E-state index in [0.717, 1.165) is 17.7 Å². The first-order valence-corrected chi connectivity index (χ1v) is 8.58. The predicted octanol–water partition coefficient (Wildman–Crippen LogP) is 2.64. The van der Waals surface area contributed by atoms with E-state index in [1.165, 1.54) is 7.11 Å². The van der Waals surface area contributed by atoms with Gasteiger partial charge in [-0.2, -0.15) is 8.78 Å². The first kappa shape index (κ1) is 20.4. The van der Waals surface area contributed by atoms with Gasteiger partial charge >= 0.3 is 6.61 Å². The first-order chi connectivity index (χ1) is 13.1. The Balaban J connectivity index is 1.79. The second-order valence-corrected chi connectivity index (χ2v) is 5.61. The molecule has 0 aliphatic heterocycles. The molecule has 8 heteroatoms. The van der Waals surface area contributed by atoms with Crippen molar-refractivity contribution in [2.75, 3.05) is 27.2 Å². The van der Waals surface area contributed by atoms with Crippen LogP contribution in [0, 0.1) is 0 Å². The van der Waals surface area contributed by atoms with Crippen LogP contribution in [0.3, 0.4) is 0 Å². The molecule has 0 spiro atoms. The van der Waals surface area contributed by atoms with E-state index in [-0.39, 0.29) is 11.5 Å². The lowest BCUT2D eigenvalue weighted by molar-refractivity contribution is -0.0512. The lowest BCUT2D eigenvalue weighted by Crippen LogP contribution is -2.39. The van der Waals surface area contributed by atoms with Gasteiger partial charge < -0.3 is 20.1 Å². The summed E-state index contributed by atoms with van der Waals surface area (Å²) in [5.41, 5.74) is 1.85. The van der Waals surface area contributed by atoms with E-state index in [4.69, 9.17) is 4.74 Å². The number of aliphatic imine (C=N–C) groups is 1. The van der Waals surface area contributed by atoms with Crippen LogP contribution in [0.4, 0.5) is 8.78 Å². The second-order valence-electron chi connectivity index (χ2n) is 5.61. The van der Waals surface area contributed by atoms with E-state index in [9.17, 15) is 8.78 Å². The van der Waals surface area contributed by atoms with Gasteiger partial charge in [-0.05, 0) is 36.2 Å². The number of nitrogens with zero attached hydrogens (tertiary/aromatic N) is 2. The van der Waals surface area contributed by atoms with E-state index in [1.54, 1.807) is 25.4 Å². The summed E-state index contributed by atoms with van der Waals surface area (Å²) < 4.78 is 34.5. The van der Waals surface area contributed by atoms with Crippen LogP contribution in [0.25, 0.3) is 0 Å². The molecule has 0 saturated carbocycles. The Labute approximate surface area is 157 Å². The standard InChI is InChI=1S/C19H24F2N4O2/c1-22-19(25-12-9-15-5-3-4-10-23-15)24-11-8-14-6-7-16(26-2)17(13-14)27-18(20)21/h3-7,10,13,18H,8-9,11-12H2,1-2H3,(H2,22,24,25). The minimum atomic E-state index is -2.89. The van der Waals surface area contributed by atoms with Crippen molar-refractivity contribution in [2.45, 2.75) is 19.5 Å². The maximum absolute atomic E-state index is 12.5. The van der Waals surface area contributed by atoms with Gasteiger partial charge in [0.2, 0.25) is 0 Å². The molecule has 2 rings (SSSR count). The minimum absolute atomic E-state index is 0.0304. The van der Waals surface area contributed by atoms with Crippen LogP contribution in [0.1, 0.15) is 11.3 Å². The SMILES string of the molecule is CN=C(NCCc1ccc(OC)c(OC(F)F)c1)NCCc1ccccn1. The van der Waals surface area contributed by atoms with Crippen molar-refractivity contribution in [2.24, 2.45) is 4.99 Å². The summed E-state index contributed by atoms with van der Waals surface area (Å²) in [5.74, 6) is 0.977. The van der Waals surface area contributed by atoms with Gasteiger partial charge in [0.15, 0.2) is 17.5 Å². The number of pyridine rings is 1. The van der Waals surface area contributed by atoms with Crippen LogP contribution in [0.2, 0.25) is 0 Å². The van der Waals surface area contributed by atoms with Crippen molar-refractivity contribution in [3.8, 4) is 11.5 Å². The molecule has 0 unspecified atom stereocenters. The fourth-order valence-corrected chi connectivity index (χ4v) is 2.47. The number of guanidine groups is 1. The molecule has 146 valence electrons. The Morgan fingerprint density at radius 3 is 2.52 bits per heavy atom. The molecule has 0 amide bonds. The minimum Gasteiger partial charge on any atom is -0.493 e. The van der Waals surface area contributed by atoms with E-state index >= 15 is 0 Å². The van der Waals surface area contributed by atoms with Crippen molar-refractivity contribution in [1.82, 2.24) is 15.6 Å². The van der Waals surface area contributed by atoms with Crippen molar-refractivity contribution < 1.29 is 18.3 Å². The van der Waals surface area contributed by atoms with Gasteiger partial charge in [-0.15, -0.1) is 0 Å². The predicted molar refractivity (Wildman–Crippen MR) is 101 cm³/mol. The molecule has 0 aliphatic rings. The van der Waals surface area contributed by atoms with E-state index in [2.05, 4.69) is 25.3 Å². The highest BCUT2D eigenvalue weighted by Gasteiger charge is 2.11. The summed E-state index contributed by atoms with van der Waals surface area (Å²) in [6, 6.07) is 10.8. The number of hydrogen-bond acceptors (Lipinski definition) is 4. The van der Waals surface area contributed by atoms with Crippen molar-refractivity contribution in [3.63, 3.8) is 0 Å². The molecule has 2 aromatic rings. The molecule has 1 aromatic carbocycles. The van der Waals surface area contributed by atoms with Gasteiger partial charge in [0.05, 0.1) is 7.11 Å². The molecule has 0 saturated heterocycles. The molecule has 0 bridgehead atoms.